The Morgan fingerprint density at radius 3 is 2.79 bits per heavy atom. The molecule has 1 aliphatic carbocycles. The number of hydrogen-bond donors (Lipinski definition) is 1. The fourth-order valence-electron chi connectivity index (χ4n) is 3.68. The first kappa shape index (κ1) is 14.9. The van der Waals surface area contributed by atoms with E-state index in [0.29, 0.717) is 12.0 Å². The van der Waals surface area contributed by atoms with Crippen molar-refractivity contribution in [3.63, 3.8) is 0 Å². The van der Waals surface area contributed by atoms with Crippen LogP contribution in [0.2, 0.25) is 0 Å². The van der Waals surface area contributed by atoms with Crippen molar-refractivity contribution < 1.29 is 9.59 Å². The summed E-state index contributed by atoms with van der Waals surface area (Å²) in [4.78, 5) is 26.3. The summed E-state index contributed by atoms with van der Waals surface area (Å²) in [6.45, 7) is 0.736. The molecule has 0 radical (unpaired) electrons. The van der Waals surface area contributed by atoms with Crippen LogP contribution in [0.4, 0.5) is 5.69 Å². The average molecular weight is 320 g/mol. The Balaban J connectivity index is 1.52. The van der Waals surface area contributed by atoms with E-state index < -0.39 is 0 Å². The molecule has 2 aromatic carbocycles. The van der Waals surface area contributed by atoms with Crippen LogP contribution in [-0.2, 0) is 11.2 Å². The van der Waals surface area contributed by atoms with Gasteiger partial charge in [-0.15, -0.1) is 0 Å². The Kier molecular flexibility index (Phi) is 3.81. The monoisotopic (exact) mass is 320 g/mol. The van der Waals surface area contributed by atoms with E-state index >= 15 is 0 Å². The van der Waals surface area contributed by atoms with Crippen LogP contribution in [0.25, 0.3) is 0 Å². The molecule has 1 atom stereocenters. The number of fused-ring (bicyclic) bond motifs is 1. The molecule has 2 aliphatic rings. The van der Waals surface area contributed by atoms with Crippen molar-refractivity contribution in [3.8, 4) is 0 Å². The van der Waals surface area contributed by atoms with Crippen molar-refractivity contribution in [2.24, 2.45) is 0 Å². The lowest BCUT2D eigenvalue weighted by Crippen LogP contribution is -2.28. The number of benzene rings is 2. The van der Waals surface area contributed by atoms with Crippen molar-refractivity contribution >= 4 is 17.5 Å². The Hall–Kier alpha value is -2.62. The highest BCUT2D eigenvalue weighted by molar-refractivity contribution is 5.99. The van der Waals surface area contributed by atoms with Gasteiger partial charge in [0.15, 0.2) is 0 Å². The minimum Gasteiger partial charge on any atom is -0.345 e. The van der Waals surface area contributed by atoms with E-state index in [4.69, 9.17) is 0 Å². The lowest BCUT2D eigenvalue weighted by atomic mass is 10.1. The molecule has 1 heterocycles. The second-order valence-corrected chi connectivity index (χ2v) is 6.46. The van der Waals surface area contributed by atoms with Gasteiger partial charge in [0, 0.05) is 24.2 Å². The molecule has 0 bridgehead atoms. The summed E-state index contributed by atoms with van der Waals surface area (Å²) in [5.74, 6) is 0.0578. The van der Waals surface area contributed by atoms with Crippen molar-refractivity contribution in [3.05, 3.63) is 65.2 Å². The van der Waals surface area contributed by atoms with E-state index in [1.165, 1.54) is 11.1 Å². The first-order valence-corrected chi connectivity index (χ1v) is 8.51. The SMILES string of the molecule is O=C(N[C@H]1CCc2ccccc21)c1cccc(N2CCCC2=O)c1. The number of rotatable bonds is 3. The zero-order valence-corrected chi connectivity index (χ0v) is 13.5. The average Bonchev–Trinajstić information content (AvgIpc) is 3.22. The number of nitrogens with one attached hydrogen (secondary N) is 1. The second kappa shape index (κ2) is 6.11. The zero-order valence-electron chi connectivity index (χ0n) is 13.5. The first-order chi connectivity index (χ1) is 11.7. The largest absolute Gasteiger partial charge is 0.345 e. The van der Waals surface area contributed by atoms with Crippen LogP contribution in [0, 0.1) is 0 Å². The maximum atomic E-state index is 12.6. The summed E-state index contributed by atoms with van der Waals surface area (Å²) in [6.07, 6.45) is 3.42. The van der Waals surface area contributed by atoms with E-state index in [0.717, 1.165) is 31.5 Å². The van der Waals surface area contributed by atoms with Gasteiger partial charge in [-0.2, -0.15) is 0 Å². The van der Waals surface area contributed by atoms with Crippen molar-refractivity contribution in [2.75, 3.05) is 11.4 Å². The molecule has 122 valence electrons. The van der Waals surface area contributed by atoms with E-state index in [-0.39, 0.29) is 17.9 Å². The molecule has 4 rings (SSSR count). The Morgan fingerprint density at radius 2 is 1.96 bits per heavy atom. The van der Waals surface area contributed by atoms with Crippen LogP contribution >= 0.6 is 0 Å². The van der Waals surface area contributed by atoms with Gasteiger partial charge in [0.2, 0.25) is 5.91 Å². The molecule has 4 nitrogen and oxygen atoms in total. The van der Waals surface area contributed by atoms with E-state index in [1.807, 2.05) is 30.3 Å². The Bertz CT molecular complexity index is 800. The number of aryl methyl sites for hydroxylation is 1. The Labute approximate surface area is 141 Å². The lowest BCUT2D eigenvalue weighted by Gasteiger charge is -2.18. The predicted octanol–water partition coefficient (Wildman–Crippen LogP) is 3.23. The summed E-state index contributed by atoms with van der Waals surface area (Å²) in [7, 11) is 0. The highest BCUT2D eigenvalue weighted by atomic mass is 16.2. The van der Waals surface area contributed by atoms with Gasteiger partial charge in [0.1, 0.15) is 0 Å². The summed E-state index contributed by atoms with van der Waals surface area (Å²) in [5.41, 5.74) is 3.96. The normalized spacial score (nSPS) is 19.4. The summed E-state index contributed by atoms with van der Waals surface area (Å²) < 4.78 is 0. The van der Waals surface area contributed by atoms with E-state index in [2.05, 4.69) is 17.4 Å². The minimum atomic E-state index is -0.0785. The smallest absolute Gasteiger partial charge is 0.251 e. The summed E-state index contributed by atoms with van der Waals surface area (Å²) in [5, 5.41) is 3.14. The molecule has 0 unspecified atom stereocenters. The molecule has 2 aromatic rings. The van der Waals surface area contributed by atoms with E-state index in [1.54, 1.807) is 11.0 Å². The van der Waals surface area contributed by atoms with Gasteiger partial charge in [-0.05, 0) is 48.6 Å². The van der Waals surface area contributed by atoms with Crippen LogP contribution in [0.5, 0.6) is 0 Å². The number of carbonyl (C=O) groups excluding carboxylic acids is 2. The third-order valence-corrected chi connectivity index (χ3v) is 4.93. The zero-order chi connectivity index (χ0) is 16.5. The minimum absolute atomic E-state index is 0.0748. The molecular weight excluding hydrogens is 300 g/mol. The van der Waals surface area contributed by atoms with Gasteiger partial charge in [-0.25, -0.2) is 0 Å². The molecule has 1 N–H and O–H groups in total. The van der Waals surface area contributed by atoms with Crippen LogP contribution in [-0.4, -0.2) is 18.4 Å². The molecule has 4 heteroatoms. The van der Waals surface area contributed by atoms with Crippen molar-refractivity contribution in [2.45, 2.75) is 31.7 Å². The first-order valence-electron chi connectivity index (χ1n) is 8.51. The third kappa shape index (κ3) is 2.68. The fourth-order valence-corrected chi connectivity index (χ4v) is 3.68. The number of amides is 2. The summed E-state index contributed by atoms with van der Waals surface area (Å²) in [6, 6.07) is 15.7. The van der Waals surface area contributed by atoms with Crippen molar-refractivity contribution in [1.29, 1.82) is 0 Å². The lowest BCUT2D eigenvalue weighted by molar-refractivity contribution is -0.117. The molecular formula is C20H20N2O2. The number of anilines is 1. The number of hydrogen-bond acceptors (Lipinski definition) is 2. The molecule has 0 aromatic heterocycles. The highest BCUT2D eigenvalue weighted by Crippen LogP contribution is 2.31. The standard InChI is InChI=1S/C20H20N2O2/c23-19-9-4-12-22(19)16-7-3-6-15(13-16)20(24)21-18-11-10-14-5-1-2-8-17(14)18/h1-3,5-8,13,18H,4,9-12H2,(H,21,24)/t18-/m0/s1. The van der Waals surface area contributed by atoms with Gasteiger partial charge >= 0.3 is 0 Å². The van der Waals surface area contributed by atoms with Crippen LogP contribution < -0.4 is 10.2 Å². The Morgan fingerprint density at radius 1 is 1.08 bits per heavy atom. The van der Waals surface area contributed by atoms with Crippen LogP contribution in [0.15, 0.2) is 48.5 Å². The second-order valence-electron chi connectivity index (χ2n) is 6.46. The molecule has 24 heavy (non-hydrogen) atoms. The van der Waals surface area contributed by atoms with Crippen LogP contribution in [0.1, 0.15) is 46.8 Å². The molecule has 1 fully saturated rings. The van der Waals surface area contributed by atoms with Crippen molar-refractivity contribution in [1.82, 2.24) is 5.32 Å². The maximum Gasteiger partial charge on any atom is 0.251 e. The van der Waals surface area contributed by atoms with Gasteiger partial charge in [0.05, 0.1) is 6.04 Å². The third-order valence-electron chi connectivity index (χ3n) is 4.93. The molecule has 1 saturated heterocycles. The molecule has 0 saturated carbocycles. The molecule has 2 amide bonds. The van der Waals surface area contributed by atoms with Gasteiger partial charge in [-0.3, -0.25) is 9.59 Å². The quantitative estimate of drug-likeness (QED) is 0.944. The number of carbonyl (C=O) groups is 2. The molecule has 0 spiro atoms. The molecule has 1 aliphatic heterocycles. The van der Waals surface area contributed by atoms with Crippen LogP contribution in [0.3, 0.4) is 0 Å². The summed E-state index contributed by atoms with van der Waals surface area (Å²) >= 11 is 0. The number of nitrogens with zero attached hydrogens (tertiary/aromatic N) is 1. The van der Waals surface area contributed by atoms with Gasteiger partial charge in [-0.1, -0.05) is 30.3 Å². The highest BCUT2D eigenvalue weighted by Gasteiger charge is 2.25. The fraction of sp³-hybridized carbons (Fsp3) is 0.300. The topological polar surface area (TPSA) is 49.4 Å². The maximum absolute atomic E-state index is 12.6. The van der Waals surface area contributed by atoms with Gasteiger partial charge < -0.3 is 10.2 Å². The van der Waals surface area contributed by atoms with Gasteiger partial charge in [0.25, 0.3) is 5.91 Å². The van der Waals surface area contributed by atoms with E-state index in [9.17, 15) is 9.59 Å². The predicted molar refractivity (Wildman–Crippen MR) is 93.0 cm³/mol.